The number of sulfonamides is 1. The molecule has 2 aromatic carbocycles. The van der Waals surface area contributed by atoms with Gasteiger partial charge in [0.1, 0.15) is 16.9 Å². The number of carbonyl (C=O) groups is 1. The van der Waals surface area contributed by atoms with E-state index >= 15 is 0 Å². The van der Waals surface area contributed by atoms with Crippen molar-refractivity contribution in [1.29, 1.82) is 0 Å². The summed E-state index contributed by atoms with van der Waals surface area (Å²) in [7, 11) is -3.77. The van der Waals surface area contributed by atoms with Gasteiger partial charge in [0, 0.05) is 11.1 Å². The Labute approximate surface area is 158 Å². The van der Waals surface area contributed by atoms with Crippen molar-refractivity contribution in [2.24, 2.45) is 0 Å². The molecule has 27 heavy (non-hydrogen) atoms. The maximum atomic E-state index is 12.8. The van der Waals surface area contributed by atoms with E-state index in [2.05, 4.69) is 4.72 Å². The maximum absolute atomic E-state index is 12.8. The molecule has 0 saturated heterocycles. The summed E-state index contributed by atoms with van der Waals surface area (Å²) < 4.78 is 38.9. The molecule has 0 aliphatic carbocycles. The number of furan rings is 1. The van der Waals surface area contributed by atoms with Crippen molar-refractivity contribution in [1.82, 2.24) is 0 Å². The topological polar surface area (TPSA) is 85.6 Å². The molecule has 3 rings (SSSR count). The Kier molecular flexibility index (Phi) is 4.97. The molecule has 3 aromatic rings. The number of fused-ring (bicyclic) bond motifs is 1. The molecule has 0 unspecified atom stereocenters. The Morgan fingerprint density at radius 3 is 2.56 bits per heavy atom. The quantitative estimate of drug-likeness (QED) is 0.659. The van der Waals surface area contributed by atoms with E-state index in [4.69, 9.17) is 9.15 Å². The lowest BCUT2D eigenvalue weighted by Gasteiger charge is -2.11. The normalized spacial score (nSPS) is 11.6. The molecule has 1 heterocycles. The number of nitrogens with one attached hydrogen (secondary N) is 1. The van der Waals surface area contributed by atoms with Gasteiger partial charge in [0.2, 0.25) is 0 Å². The lowest BCUT2D eigenvalue weighted by Crippen LogP contribution is -2.14. The van der Waals surface area contributed by atoms with E-state index in [9.17, 15) is 13.2 Å². The molecule has 0 radical (unpaired) electrons. The van der Waals surface area contributed by atoms with Crippen LogP contribution in [-0.4, -0.2) is 21.0 Å². The number of ether oxygens (including phenoxy) is 1. The number of hydrogen-bond donors (Lipinski definition) is 1. The van der Waals surface area contributed by atoms with Gasteiger partial charge in [0.05, 0.1) is 11.5 Å². The molecule has 0 spiro atoms. The smallest absolute Gasteiger partial charge is 0.342 e. The van der Waals surface area contributed by atoms with Gasteiger partial charge >= 0.3 is 5.97 Å². The van der Waals surface area contributed by atoms with Gasteiger partial charge in [0.15, 0.2) is 0 Å². The van der Waals surface area contributed by atoms with Crippen LogP contribution in [0.4, 0.5) is 5.69 Å². The van der Waals surface area contributed by atoms with Crippen molar-refractivity contribution in [3.05, 3.63) is 58.8 Å². The number of hydrogen-bond acceptors (Lipinski definition) is 5. The third kappa shape index (κ3) is 3.68. The molecule has 0 bridgehead atoms. The molecular weight excluding hydrogens is 366 g/mol. The van der Waals surface area contributed by atoms with Gasteiger partial charge in [0.25, 0.3) is 10.0 Å². The number of anilines is 1. The maximum Gasteiger partial charge on any atom is 0.342 e. The molecule has 0 atom stereocenters. The minimum absolute atomic E-state index is 0.219. The van der Waals surface area contributed by atoms with Crippen molar-refractivity contribution >= 4 is 32.6 Å². The Hall–Kier alpha value is -2.80. The summed E-state index contributed by atoms with van der Waals surface area (Å²) in [5.41, 5.74) is 2.65. The van der Waals surface area contributed by atoms with Crippen LogP contribution >= 0.6 is 0 Å². The van der Waals surface area contributed by atoms with Crippen LogP contribution in [0, 0.1) is 20.8 Å². The van der Waals surface area contributed by atoms with Crippen LogP contribution in [0.15, 0.2) is 45.7 Å². The first-order valence-electron chi connectivity index (χ1n) is 8.53. The van der Waals surface area contributed by atoms with Crippen molar-refractivity contribution in [2.75, 3.05) is 11.3 Å². The molecule has 1 N–H and O–H groups in total. The number of benzene rings is 2. The second-order valence-corrected chi connectivity index (χ2v) is 7.99. The zero-order valence-corrected chi connectivity index (χ0v) is 16.4. The van der Waals surface area contributed by atoms with Gasteiger partial charge < -0.3 is 9.15 Å². The molecule has 1 aromatic heterocycles. The van der Waals surface area contributed by atoms with Gasteiger partial charge in [-0.2, -0.15) is 0 Å². The molecular formula is C20H21NO5S. The third-order valence-corrected chi connectivity index (χ3v) is 5.75. The lowest BCUT2D eigenvalue weighted by atomic mass is 10.1. The molecule has 0 aliphatic rings. The van der Waals surface area contributed by atoms with Crippen molar-refractivity contribution in [3.63, 3.8) is 0 Å². The van der Waals surface area contributed by atoms with Crippen LogP contribution < -0.4 is 4.72 Å². The van der Waals surface area contributed by atoms with Crippen molar-refractivity contribution in [2.45, 2.75) is 32.6 Å². The van der Waals surface area contributed by atoms with Crippen LogP contribution in [0.3, 0.4) is 0 Å². The first kappa shape index (κ1) is 19.0. The summed E-state index contributed by atoms with van der Waals surface area (Å²) in [5.74, 6) is -0.0683. The minimum atomic E-state index is -3.77. The SMILES string of the molecule is CCOC(=O)c1c(C)oc2ccc(NS(=O)(=O)c3cc(C)ccc3C)cc12. The van der Waals surface area contributed by atoms with E-state index in [1.54, 1.807) is 51.1 Å². The Morgan fingerprint density at radius 2 is 1.85 bits per heavy atom. The first-order chi connectivity index (χ1) is 12.7. The highest BCUT2D eigenvalue weighted by Gasteiger charge is 2.21. The predicted molar refractivity (Wildman–Crippen MR) is 104 cm³/mol. The summed E-state index contributed by atoms with van der Waals surface area (Å²) in [6.45, 7) is 7.22. The van der Waals surface area contributed by atoms with Gasteiger partial charge in [-0.25, -0.2) is 13.2 Å². The monoisotopic (exact) mass is 387 g/mol. The number of aryl methyl sites for hydroxylation is 3. The highest BCUT2D eigenvalue weighted by molar-refractivity contribution is 7.92. The number of esters is 1. The van der Waals surface area contributed by atoms with Crippen LogP contribution in [0.5, 0.6) is 0 Å². The summed E-state index contributed by atoms with van der Waals surface area (Å²) in [5, 5.41) is 0.507. The number of carbonyl (C=O) groups excluding carboxylic acids is 1. The third-order valence-electron chi connectivity index (χ3n) is 4.23. The zero-order chi connectivity index (χ0) is 19.8. The van der Waals surface area contributed by atoms with Crippen molar-refractivity contribution in [3.8, 4) is 0 Å². The fraction of sp³-hybridized carbons (Fsp3) is 0.250. The Bertz CT molecular complexity index is 1130. The molecule has 0 fully saturated rings. The molecule has 6 nitrogen and oxygen atoms in total. The highest BCUT2D eigenvalue weighted by Crippen LogP contribution is 2.30. The van der Waals surface area contributed by atoms with E-state index < -0.39 is 16.0 Å². The fourth-order valence-corrected chi connectivity index (χ4v) is 4.33. The minimum Gasteiger partial charge on any atom is -0.462 e. The summed E-state index contributed by atoms with van der Waals surface area (Å²) in [4.78, 5) is 12.4. The standard InChI is InChI=1S/C20H21NO5S/c1-5-25-20(22)19-14(4)26-17-9-8-15(11-16(17)19)21-27(23,24)18-10-12(2)6-7-13(18)3/h6-11,21H,5H2,1-4H3. The first-order valence-corrected chi connectivity index (χ1v) is 10.0. The van der Waals surface area contributed by atoms with E-state index in [0.717, 1.165) is 5.56 Å². The number of rotatable bonds is 5. The summed E-state index contributed by atoms with van der Waals surface area (Å²) in [6, 6.07) is 10.1. The van der Waals surface area contributed by atoms with E-state index in [-0.39, 0.29) is 11.5 Å². The van der Waals surface area contributed by atoms with E-state index in [1.165, 1.54) is 0 Å². The highest BCUT2D eigenvalue weighted by atomic mass is 32.2. The molecule has 7 heteroatoms. The molecule has 142 valence electrons. The lowest BCUT2D eigenvalue weighted by molar-refractivity contribution is 0.0526. The average molecular weight is 387 g/mol. The zero-order valence-electron chi connectivity index (χ0n) is 15.6. The van der Waals surface area contributed by atoms with Gasteiger partial charge in [-0.3, -0.25) is 4.72 Å². The van der Waals surface area contributed by atoms with Crippen LogP contribution in [0.25, 0.3) is 11.0 Å². The fourth-order valence-electron chi connectivity index (χ4n) is 2.95. The van der Waals surface area contributed by atoms with E-state index in [1.807, 2.05) is 13.0 Å². The Balaban J connectivity index is 2.04. The second kappa shape index (κ2) is 7.08. The Morgan fingerprint density at radius 1 is 1.11 bits per heavy atom. The van der Waals surface area contributed by atoms with Crippen LogP contribution in [0.1, 0.15) is 34.2 Å². The van der Waals surface area contributed by atoms with Gasteiger partial charge in [-0.05, 0) is 63.1 Å². The van der Waals surface area contributed by atoms with Crippen molar-refractivity contribution < 1.29 is 22.4 Å². The predicted octanol–water partition coefficient (Wildman–Crippen LogP) is 4.34. The van der Waals surface area contributed by atoms with Gasteiger partial charge in [-0.15, -0.1) is 0 Å². The van der Waals surface area contributed by atoms with E-state index in [0.29, 0.717) is 33.5 Å². The molecule has 0 amide bonds. The second-order valence-electron chi connectivity index (χ2n) is 6.34. The summed E-state index contributed by atoms with van der Waals surface area (Å²) >= 11 is 0. The summed E-state index contributed by atoms with van der Waals surface area (Å²) in [6.07, 6.45) is 0. The van der Waals surface area contributed by atoms with Crippen LogP contribution in [0.2, 0.25) is 0 Å². The molecule has 0 saturated carbocycles. The van der Waals surface area contributed by atoms with Gasteiger partial charge in [-0.1, -0.05) is 12.1 Å². The average Bonchev–Trinajstić information content (AvgIpc) is 2.92. The van der Waals surface area contributed by atoms with Crippen LogP contribution in [-0.2, 0) is 14.8 Å². The molecule has 0 aliphatic heterocycles. The largest absolute Gasteiger partial charge is 0.462 e.